The number of nitrogens with two attached hydrogens (primary N) is 1. The SMILES string of the molecule is CCCCCC(CCCCC)CCOC(=O)CCCCCCCN(CCCCCCCC(=O)OCCC(CCCCC)CCCCC)CCCNc1noc(N)n1.[HH]. The van der Waals surface area contributed by atoms with E-state index < -0.39 is 0 Å². The highest BCUT2D eigenvalue weighted by Gasteiger charge is 2.13. The van der Waals surface area contributed by atoms with Crippen LogP contribution in [0.1, 0.15) is 228 Å². The number of hydrogen-bond acceptors (Lipinski definition) is 10. The maximum Gasteiger partial charge on any atom is 0.320 e. The largest absolute Gasteiger partial charge is 0.466 e. The van der Waals surface area contributed by atoms with Crippen LogP contribution in [0.5, 0.6) is 0 Å². The quantitative estimate of drug-likeness (QED) is 0.0485. The molecule has 0 fully saturated rings. The molecule has 0 aliphatic carbocycles. The molecule has 1 heterocycles. The van der Waals surface area contributed by atoms with Gasteiger partial charge in [-0.25, -0.2) is 0 Å². The molecule has 0 saturated carbocycles. The number of carbonyl (C=O) groups is 2. The lowest BCUT2D eigenvalue weighted by atomic mass is 9.92. The monoisotopic (exact) mass is 808 g/mol. The Morgan fingerprint density at radius 1 is 0.579 bits per heavy atom. The lowest BCUT2D eigenvalue weighted by molar-refractivity contribution is -0.145. The number of nitrogens with one attached hydrogen (secondary N) is 1. The molecule has 0 radical (unpaired) electrons. The van der Waals surface area contributed by atoms with Crippen LogP contribution in [0.4, 0.5) is 12.0 Å². The Hall–Kier alpha value is -2.36. The van der Waals surface area contributed by atoms with Crippen LogP contribution in [-0.2, 0) is 19.1 Å². The third-order valence-corrected chi connectivity index (χ3v) is 11.5. The summed E-state index contributed by atoms with van der Waals surface area (Å²) in [5.41, 5.74) is 5.55. The summed E-state index contributed by atoms with van der Waals surface area (Å²) in [5, 5.41) is 7.02. The molecule has 1 aromatic rings. The first-order valence-electron chi connectivity index (χ1n) is 24.3. The van der Waals surface area contributed by atoms with Gasteiger partial charge >= 0.3 is 18.0 Å². The number of hydrogen-bond donors (Lipinski definition) is 2. The zero-order chi connectivity index (χ0) is 41.4. The van der Waals surface area contributed by atoms with Crippen molar-refractivity contribution in [3.63, 3.8) is 0 Å². The van der Waals surface area contributed by atoms with E-state index in [9.17, 15) is 9.59 Å². The van der Waals surface area contributed by atoms with E-state index in [0.717, 1.165) is 96.8 Å². The van der Waals surface area contributed by atoms with Crippen molar-refractivity contribution in [2.45, 2.75) is 227 Å². The van der Waals surface area contributed by atoms with Crippen molar-refractivity contribution >= 4 is 23.9 Å². The average Bonchev–Trinajstić information content (AvgIpc) is 3.62. The van der Waals surface area contributed by atoms with Crippen molar-refractivity contribution in [3.05, 3.63) is 0 Å². The maximum atomic E-state index is 12.4. The van der Waals surface area contributed by atoms with E-state index in [1.165, 1.54) is 116 Å². The number of ether oxygens (including phenoxy) is 2. The van der Waals surface area contributed by atoms with Crippen LogP contribution >= 0.6 is 0 Å². The topological polar surface area (TPSA) is 133 Å². The first-order chi connectivity index (χ1) is 27.9. The molecule has 1 aromatic heterocycles. The maximum absolute atomic E-state index is 12.4. The lowest BCUT2D eigenvalue weighted by Gasteiger charge is -2.22. The molecule has 0 bridgehead atoms. The molecule has 3 N–H and O–H groups in total. The predicted molar refractivity (Wildman–Crippen MR) is 240 cm³/mol. The van der Waals surface area contributed by atoms with Crippen molar-refractivity contribution in [2.75, 3.05) is 50.4 Å². The Labute approximate surface area is 352 Å². The fraction of sp³-hybridized carbons (Fsp3) is 0.915. The van der Waals surface area contributed by atoms with Gasteiger partial charge in [-0.15, -0.1) is 0 Å². The van der Waals surface area contributed by atoms with Gasteiger partial charge in [0.25, 0.3) is 5.95 Å². The summed E-state index contributed by atoms with van der Waals surface area (Å²) >= 11 is 0. The molecule has 57 heavy (non-hydrogen) atoms. The number of rotatable bonds is 43. The number of carbonyl (C=O) groups excluding carboxylic acids is 2. The minimum atomic E-state index is -0.0197. The van der Waals surface area contributed by atoms with Gasteiger partial charge in [-0.05, 0) is 81.6 Å². The summed E-state index contributed by atoms with van der Waals surface area (Å²) in [6.45, 7) is 14.1. The van der Waals surface area contributed by atoms with Crippen molar-refractivity contribution < 1.29 is 25.0 Å². The van der Waals surface area contributed by atoms with Crippen LogP contribution in [0.25, 0.3) is 0 Å². The summed E-state index contributed by atoms with van der Waals surface area (Å²) in [6.07, 6.45) is 35.6. The lowest BCUT2D eigenvalue weighted by Crippen LogP contribution is -2.28. The molecule has 0 aromatic carbocycles. The molecular weight excluding hydrogens is 715 g/mol. The minimum Gasteiger partial charge on any atom is -0.466 e. The van der Waals surface area contributed by atoms with Crippen LogP contribution in [0, 0.1) is 11.8 Å². The normalized spacial score (nSPS) is 11.6. The van der Waals surface area contributed by atoms with E-state index in [1.54, 1.807) is 0 Å². The number of unbranched alkanes of at least 4 members (excludes halogenated alkanes) is 16. The highest BCUT2D eigenvalue weighted by molar-refractivity contribution is 5.69. The van der Waals surface area contributed by atoms with E-state index >= 15 is 0 Å². The highest BCUT2D eigenvalue weighted by atomic mass is 16.5. The third kappa shape index (κ3) is 33.2. The Morgan fingerprint density at radius 3 is 1.39 bits per heavy atom. The van der Waals surface area contributed by atoms with Crippen LogP contribution < -0.4 is 11.1 Å². The van der Waals surface area contributed by atoms with Crippen LogP contribution in [0.15, 0.2) is 4.52 Å². The molecule has 10 heteroatoms. The molecule has 0 aliphatic rings. The number of nitrogen functional groups attached to an aromatic ring is 1. The second-order valence-corrected chi connectivity index (χ2v) is 16.8. The van der Waals surface area contributed by atoms with Gasteiger partial charge in [0, 0.05) is 20.8 Å². The molecular formula is C47H93N5O5. The van der Waals surface area contributed by atoms with Gasteiger partial charge in [-0.1, -0.05) is 169 Å². The molecule has 0 saturated heterocycles. The number of nitrogens with zero attached hydrogens (tertiary/aromatic N) is 3. The van der Waals surface area contributed by atoms with E-state index in [1.807, 2.05) is 0 Å². The van der Waals surface area contributed by atoms with Gasteiger partial charge < -0.3 is 29.9 Å². The van der Waals surface area contributed by atoms with Gasteiger partial charge in [0.15, 0.2) is 0 Å². The standard InChI is InChI=1S/C47H91N5O5.H2/c1-5-9-19-28-42(29-20-10-6-2)34-40-55-44(53)32-23-15-13-17-25-37-52(39-27-36-49-47-50-46(48)57-51-47)38-26-18-14-16-24-33-45(54)56-41-35-43(30-21-11-7-3)31-22-12-8-4;/h42-43H,5-41H2,1-4H3,(H3,48,49,50,51);1H. The van der Waals surface area contributed by atoms with Crippen LogP contribution in [-0.4, -0.2) is 66.4 Å². The summed E-state index contributed by atoms with van der Waals surface area (Å²) < 4.78 is 16.2. The summed E-state index contributed by atoms with van der Waals surface area (Å²) in [6, 6.07) is 0.0758. The Kier molecular flexibility index (Phi) is 36.1. The van der Waals surface area contributed by atoms with E-state index in [0.29, 0.717) is 43.8 Å². The molecule has 10 nitrogen and oxygen atoms in total. The zero-order valence-corrected chi connectivity index (χ0v) is 37.8. The van der Waals surface area contributed by atoms with Crippen molar-refractivity contribution in [1.82, 2.24) is 15.0 Å². The molecule has 0 unspecified atom stereocenters. The smallest absolute Gasteiger partial charge is 0.320 e. The molecule has 0 aliphatic heterocycles. The number of esters is 2. The molecule has 336 valence electrons. The van der Waals surface area contributed by atoms with Gasteiger partial charge in [0.05, 0.1) is 13.2 Å². The first-order valence-corrected chi connectivity index (χ1v) is 24.3. The third-order valence-electron chi connectivity index (χ3n) is 11.5. The Bertz CT molecular complexity index is 971. The Balaban J connectivity index is 0.0000325. The van der Waals surface area contributed by atoms with Gasteiger partial charge in [0.2, 0.25) is 0 Å². The number of aromatic nitrogens is 2. The minimum absolute atomic E-state index is 0. The van der Waals surface area contributed by atoms with Gasteiger partial charge in [0.1, 0.15) is 0 Å². The van der Waals surface area contributed by atoms with Crippen molar-refractivity contribution in [2.24, 2.45) is 11.8 Å². The van der Waals surface area contributed by atoms with Crippen LogP contribution in [0.3, 0.4) is 0 Å². The second kappa shape index (κ2) is 39.1. The van der Waals surface area contributed by atoms with Crippen LogP contribution in [0.2, 0.25) is 0 Å². The molecule has 0 spiro atoms. The first kappa shape index (κ1) is 52.7. The molecule has 1 rings (SSSR count). The highest BCUT2D eigenvalue weighted by Crippen LogP contribution is 2.23. The fourth-order valence-corrected chi connectivity index (χ4v) is 7.84. The van der Waals surface area contributed by atoms with Crippen molar-refractivity contribution in [1.29, 1.82) is 0 Å². The van der Waals surface area contributed by atoms with Gasteiger partial charge in [-0.3, -0.25) is 9.59 Å². The van der Waals surface area contributed by atoms with Gasteiger partial charge in [-0.2, -0.15) is 4.98 Å². The summed E-state index contributed by atoms with van der Waals surface area (Å²) in [4.78, 5) is 31.4. The Morgan fingerprint density at radius 2 is 0.982 bits per heavy atom. The zero-order valence-electron chi connectivity index (χ0n) is 37.8. The van der Waals surface area contributed by atoms with Crippen molar-refractivity contribution in [3.8, 4) is 0 Å². The number of anilines is 2. The molecule has 0 amide bonds. The summed E-state index contributed by atoms with van der Waals surface area (Å²) in [7, 11) is 0. The fourth-order valence-electron chi connectivity index (χ4n) is 7.84. The molecule has 0 atom stereocenters. The van der Waals surface area contributed by atoms with E-state index in [4.69, 9.17) is 19.7 Å². The van der Waals surface area contributed by atoms with E-state index in [2.05, 4.69) is 48.1 Å². The predicted octanol–water partition coefficient (Wildman–Crippen LogP) is 13.1. The second-order valence-electron chi connectivity index (χ2n) is 16.8. The average molecular weight is 808 g/mol. The summed E-state index contributed by atoms with van der Waals surface area (Å²) in [5.74, 6) is 1.80. The van der Waals surface area contributed by atoms with E-state index in [-0.39, 0.29) is 19.4 Å².